The molecular formula is C11H16O. The summed E-state index contributed by atoms with van der Waals surface area (Å²) in [6.45, 7) is 0. The Morgan fingerprint density at radius 1 is 1.08 bits per heavy atom. The van der Waals surface area contributed by atoms with E-state index in [1.807, 2.05) is 0 Å². The van der Waals surface area contributed by atoms with Crippen LogP contribution in [0.15, 0.2) is 12.2 Å². The highest BCUT2D eigenvalue weighted by atomic mass is 16.3. The minimum Gasteiger partial charge on any atom is -0.392 e. The summed E-state index contributed by atoms with van der Waals surface area (Å²) in [7, 11) is 0. The Kier molecular flexibility index (Phi) is 1.16. The van der Waals surface area contributed by atoms with Gasteiger partial charge in [-0.25, -0.2) is 0 Å². The molecule has 66 valence electrons. The first-order chi connectivity index (χ1) is 5.79. The Labute approximate surface area is 73.5 Å². The van der Waals surface area contributed by atoms with E-state index in [-0.39, 0.29) is 11.5 Å². The fourth-order valence-electron chi connectivity index (χ4n) is 3.80. The number of aliphatic hydroxyl groups is 1. The lowest BCUT2D eigenvalue weighted by Gasteiger charge is -2.55. The topological polar surface area (TPSA) is 20.2 Å². The summed E-state index contributed by atoms with van der Waals surface area (Å²) in [5.74, 6) is 0. The molecule has 2 fully saturated rings. The van der Waals surface area contributed by atoms with Crippen LogP contribution in [0.25, 0.3) is 0 Å². The number of hydrogen-bond acceptors (Lipinski definition) is 1. The van der Waals surface area contributed by atoms with E-state index >= 15 is 0 Å². The van der Waals surface area contributed by atoms with Gasteiger partial charge in [0.1, 0.15) is 0 Å². The minimum atomic E-state index is -0.0289. The van der Waals surface area contributed by atoms with Gasteiger partial charge in [-0.15, -0.1) is 0 Å². The second-order valence-electron chi connectivity index (χ2n) is 4.79. The monoisotopic (exact) mass is 164 g/mol. The van der Waals surface area contributed by atoms with Gasteiger partial charge >= 0.3 is 0 Å². The zero-order chi connectivity index (χ0) is 8.23. The van der Waals surface area contributed by atoms with Gasteiger partial charge < -0.3 is 5.11 Å². The van der Waals surface area contributed by atoms with Gasteiger partial charge in [0, 0.05) is 5.41 Å². The summed E-state index contributed by atoms with van der Waals surface area (Å²) >= 11 is 0. The standard InChI is InChI=1S/C11H16O/c12-9-3-1-4-10-5-2-6-11(9,10)8-7-10/h7-9,12H,1-6H2/t9-,10-,11-/m1/s1. The normalized spacial score (nSPS) is 55.9. The third-order valence-electron chi connectivity index (χ3n) is 4.54. The van der Waals surface area contributed by atoms with Crippen LogP contribution < -0.4 is 0 Å². The molecule has 0 aromatic heterocycles. The first kappa shape index (κ1) is 7.14. The molecule has 3 aliphatic rings. The van der Waals surface area contributed by atoms with Gasteiger partial charge in [0.15, 0.2) is 0 Å². The summed E-state index contributed by atoms with van der Waals surface area (Å²) in [5.41, 5.74) is 0.690. The van der Waals surface area contributed by atoms with Gasteiger partial charge in [-0.3, -0.25) is 0 Å². The third kappa shape index (κ3) is 0.545. The molecule has 1 heteroatoms. The van der Waals surface area contributed by atoms with E-state index in [2.05, 4.69) is 12.2 Å². The molecule has 0 radical (unpaired) electrons. The lowest BCUT2D eigenvalue weighted by molar-refractivity contribution is -0.0575. The number of aliphatic hydroxyl groups excluding tert-OH is 1. The Hall–Kier alpha value is -0.300. The van der Waals surface area contributed by atoms with Crippen molar-refractivity contribution in [1.82, 2.24) is 0 Å². The quantitative estimate of drug-likeness (QED) is 0.544. The molecule has 0 aromatic rings. The molecule has 0 amide bonds. The smallest absolute Gasteiger partial charge is 0.0639 e. The molecule has 0 spiro atoms. The molecule has 0 saturated heterocycles. The van der Waals surface area contributed by atoms with Gasteiger partial charge in [-0.2, -0.15) is 0 Å². The highest BCUT2D eigenvalue weighted by Crippen LogP contribution is 2.67. The van der Waals surface area contributed by atoms with E-state index in [0.29, 0.717) is 5.41 Å². The fourth-order valence-corrected chi connectivity index (χ4v) is 3.80. The van der Waals surface area contributed by atoms with E-state index in [0.717, 1.165) is 6.42 Å². The second-order valence-corrected chi connectivity index (χ2v) is 4.79. The van der Waals surface area contributed by atoms with E-state index in [9.17, 15) is 5.11 Å². The Bertz CT molecular complexity index is 245. The van der Waals surface area contributed by atoms with Crippen molar-refractivity contribution in [3.8, 4) is 0 Å². The summed E-state index contributed by atoms with van der Waals surface area (Å²) in [5, 5.41) is 10.0. The van der Waals surface area contributed by atoms with Gasteiger partial charge in [-0.1, -0.05) is 18.6 Å². The van der Waals surface area contributed by atoms with Crippen LogP contribution in [0.5, 0.6) is 0 Å². The van der Waals surface area contributed by atoms with Crippen LogP contribution in [0, 0.1) is 10.8 Å². The molecule has 0 heterocycles. The molecule has 3 atom stereocenters. The Balaban J connectivity index is 2.06. The highest BCUT2D eigenvalue weighted by molar-refractivity contribution is 5.32. The predicted molar refractivity (Wildman–Crippen MR) is 47.7 cm³/mol. The molecule has 2 saturated carbocycles. The van der Waals surface area contributed by atoms with Crippen LogP contribution in [-0.4, -0.2) is 11.2 Å². The maximum atomic E-state index is 10.0. The minimum absolute atomic E-state index is 0.0289. The van der Waals surface area contributed by atoms with Crippen molar-refractivity contribution < 1.29 is 5.11 Å². The Morgan fingerprint density at radius 3 is 2.58 bits per heavy atom. The molecule has 1 N–H and O–H groups in total. The number of hydrogen-bond donors (Lipinski definition) is 1. The number of allylic oxidation sites excluding steroid dienone is 1. The molecule has 1 nitrogen and oxygen atoms in total. The van der Waals surface area contributed by atoms with Crippen LogP contribution in [0.2, 0.25) is 0 Å². The predicted octanol–water partition coefficient (Wildman–Crippen LogP) is 2.26. The largest absolute Gasteiger partial charge is 0.392 e. The van der Waals surface area contributed by atoms with E-state index in [1.54, 1.807) is 0 Å². The summed E-state index contributed by atoms with van der Waals surface area (Å²) in [4.78, 5) is 0. The maximum absolute atomic E-state index is 10.0. The van der Waals surface area contributed by atoms with Gasteiger partial charge in [0.25, 0.3) is 0 Å². The lowest BCUT2D eigenvalue weighted by atomic mass is 9.50. The van der Waals surface area contributed by atoms with Crippen molar-refractivity contribution in [2.75, 3.05) is 0 Å². The van der Waals surface area contributed by atoms with Crippen LogP contribution >= 0.6 is 0 Å². The molecule has 12 heavy (non-hydrogen) atoms. The first-order valence-electron chi connectivity index (χ1n) is 5.18. The van der Waals surface area contributed by atoms with Gasteiger partial charge in [-0.05, 0) is 37.5 Å². The average molecular weight is 164 g/mol. The summed E-state index contributed by atoms with van der Waals surface area (Å²) in [6.07, 6.45) is 12.1. The zero-order valence-electron chi connectivity index (χ0n) is 7.42. The number of rotatable bonds is 0. The molecule has 0 unspecified atom stereocenters. The fraction of sp³-hybridized carbons (Fsp3) is 0.818. The lowest BCUT2D eigenvalue weighted by Crippen LogP contribution is -2.52. The summed E-state index contributed by atoms with van der Waals surface area (Å²) in [6, 6.07) is 0. The Morgan fingerprint density at radius 2 is 1.92 bits per heavy atom. The maximum Gasteiger partial charge on any atom is 0.0639 e. The van der Waals surface area contributed by atoms with E-state index in [4.69, 9.17) is 0 Å². The molecule has 3 aliphatic carbocycles. The van der Waals surface area contributed by atoms with Crippen molar-refractivity contribution in [2.45, 2.75) is 44.6 Å². The average Bonchev–Trinajstić information content (AvgIpc) is 2.31. The second kappa shape index (κ2) is 1.95. The van der Waals surface area contributed by atoms with Crippen molar-refractivity contribution in [3.63, 3.8) is 0 Å². The van der Waals surface area contributed by atoms with Crippen molar-refractivity contribution >= 4 is 0 Å². The van der Waals surface area contributed by atoms with Crippen LogP contribution in [0.3, 0.4) is 0 Å². The van der Waals surface area contributed by atoms with Crippen molar-refractivity contribution in [1.29, 1.82) is 0 Å². The van der Waals surface area contributed by atoms with Crippen LogP contribution in [0.1, 0.15) is 38.5 Å². The van der Waals surface area contributed by atoms with Gasteiger partial charge in [0.2, 0.25) is 0 Å². The third-order valence-corrected chi connectivity index (χ3v) is 4.54. The SMILES string of the molecule is O[C@@H]1CCC[C@@]23C=C[C@]12CCC3. The summed E-state index contributed by atoms with van der Waals surface area (Å²) < 4.78 is 0. The highest BCUT2D eigenvalue weighted by Gasteiger charge is 2.61. The first-order valence-corrected chi connectivity index (χ1v) is 5.18. The van der Waals surface area contributed by atoms with E-state index < -0.39 is 0 Å². The van der Waals surface area contributed by atoms with Crippen LogP contribution in [-0.2, 0) is 0 Å². The van der Waals surface area contributed by atoms with Crippen molar-refractivity contribution in [3.05, 3.63) is 12.2 Å². The van der Waals surface area contributed by atoms with Crippen LogP contribution in [0.4, 0.5) is 0 Å². The molecule has 0 aromatic carbocycles. The molecule has 3 rings (SSSR count). The zero-order valence-corrected chi connectivity index (χ0v) is 7.42. The van der Waals surface area contributed by atoms with Crippen molar-refractivity contribution in [2.24, 2.45) is 10.8 Å². The van der Waals surface area contributed by atoms with E-state index in [1.165, 1.54) is 32.1 Å². The van der Waals surface area contributed by atoms with Gasteiger partial charge in [0.05, 0.1) is 6.10 Å². The molecule has 0 aliphatic heterocycles. The molecular weight excluding hydrogens is 148 g/mol. The molecule has 0 bridgehead atoms.